The summed E-state index contributed by atoms with van der Waals surface area (Å²) in [5.74, 6) is 2.17. The van der Waals surface area contributed by atoms with Gasteiger partial charge < -0.3 is 0 Å². The van der Waals surface area contributed by atoms with Gasteiger partial charge in [0.15, 0.2) is 0 Å². The summed E-state index contributed by atoms with van der Waals surface area (Å²) in [5.41, 5.74) is 0. The third-order valence-corrected chi connectivity index (χ3v) is 48.5. The maximum atomic E-state index is 2.54. The summed E-state index contributed by atoms with van der Waals surface area (Å²) in [7, 11) is 10.2. The molecule has 4 heterocycles. The average molecular weight is 476 g/mol. The predicted molar refractivity (Wildman–Crippen MR) is 76.3 cm³/mol. The van der Waals surface area contributed by atoms with Crippen molar-refractivity contribution in [2.45, 2.75) is 0 Å². The number of hydrogen-bond acceptors (Lipinski definition) is 0. The van der Waals surface area contributed by atoms with Crippen molar-refractivity contribution in [2.75, 3.05) is 11.8 Å². The largest absolute Gasteiger partial charge is 0.134 e. The van der Waals surface area contributed by atoms with Crippen LogP contribution in [0.5, 0.6) is 0 Å². The van der Waals surface area contributed by atoms with Gasteiger partial charge in [-0.2, -0.15) is 0 Å². The molecule has 4 aromatic heterocycles. The van der Waals surface area contributed by atoms with E-state index in [1.807, 2.05) is 0 Å². The molecule has 0 amide bonds. The van der Waals surface area contributed by atoms with Crippen molar-refractivity contribution >= 4 is 62.4 Å². The minimum absolute atomic E-state index is 0. The zero-order valence-electron chi connectivity index (χ0n) is 5.85. The summed E-state index contributed by atoms with van der Waals surface area (Å²) >= 11 is 0. The molecule has 0 N–H and O–H groups in total. The van der Waals surface area contributed by atoms with Crippen molar-refractivity contribution < 1.29 is 20.1 Å². The van der Waals surface area contributed by atoms with Gasteiger partial charge in [0, 0.05) is 45.6 Å². The molecule has 9 heteroatoms. The molecule has 0 bridgehead atoms. The van der Waals surface area contributed by atoms with Gasteiger partial charge in [0.25, 0.3) is 0 Å². The molecule has 0 saturated heterocycles. The molecule has 0 spiro atoms. The van der Waals surface area contributed by atoms with Gasteiger partial charge in [-0.3, -0.25) is 0 Å². The number of hydrogen-bond donors (Lipinski definition) is 0. The second-order valence-electron chi connectivity index (χ2n) is 1.54. The van der Waals surface area contributed by atoms with E-state index in [4.69, 9.17) is 0 Å². The van der Waals surface area contributed by atoms with Gasteiger partial charge in [-0.1, -0.05) is 0 Å². The van der Waals surface area contributed by atoms with E-state index in [0.29, 0.717) is 0 Å². The minimum atomic E-state index is 0. The molecule has 0 fully saturated rings. The van der Waals surface area contributed by atoms with Crippen LogP contribution in [0.15, 0.2) is 0 Å². The van der Waals surface area contributed by atoms with Crippen molar-refractivity contribution in [1.29, 1.82) is 0 Å². The molecule has 4 aromatic rings. The van der Waals surface area contributed by atoms with Crippen molar-refractivity contribution in [3.8, 4) is 0 Å². The Kier molecular flexibility index (Phi) is 9.20. The molecule has 0 nitrogen and oxygen atoms in total. The third-order valence-electron chi connectivity index (χ3n) is 0.838. The molecule has 0 aliphatic heterocycles. The summed E-state index contributed by atoms with van der Waals surface area (Å²) < 4.78 is 0. The van der Waals surface area contributed by atoms with E-state index in [1.54, 1.807) is 0 Å². The Morgan fingerprint density at radius 3 is 0.727 bits per heavy atom. The normalized spacial score (nSPS) is 16.4. The van der Waals surface area contributed by atoms with Crippen molar-refractivity contribution in [2.24, 2.45) is 0 Å². The van der Waals surface area contributed by atoms with Gasteiger partial charge >= 0.3 is 0 Å². The molecule has 69 valence electrons. The van der Waals surface area contributed by atoms with E-state index in [2.05, 4.69) is 37.0 Å². The molecular weight excluding hydrogens is 464 g/mol. The summed E-state index contributed by atoms with van der Waals surface area (Å²) in [4.78, 5) is 0. The predicted octanol–water partition coefficient (Wildman–Crippen LogP) is 4.83. The first kappa shape index (κ1) is 14.6. The van der Waals surface area contributed by atoms with Crippen molar-refractivity contribution in [1.82, 2.24) is 0 Å². The smallest absolute Gasteiger partial charge is 0 e. The molecule has 0 aliphatic carbocycles. The summed E-state index contributed by atoms with van der Waals surface area (Å²) in [5, 5.41) is 0. The van der Waals surface area contributed by atoms with E-state index in [1.165, 1.54) is 0 Å². The first-order valence-corrected chi connectivity index (χ1v) is 15.7. The molecule has 4 atom stereocenters. The minimum Gasteiger partial charge on any atom is -0.134 e. The maximum Gasteiger partial charge on any atom is 0 e. The molecule has 4 unspecified atom stereocenters. The van der Waals surface area contributed by atoms with Gasteiger partial charge in [0.1, 0.15) is 0 Å². The summed E-state index contributed by atoms with van der Waals surface area (Å²) in [6.45, 7) is 0. The van der Waals surface area contributed by atoms with Crippen LogP contribution in [0.2, 0.25) is 0 Å². The van der Waals surface area contributed by atoms with Crippen LogP contribution in [0.4, 0.5) is 0 Å². The molecule has 0 aliphatic rings. The van der Waals surface area contributed by atoms with E-state index >= 15 is 0 Å². The second-order valence-corrected chi connectivity index (χ2v) is 33.2. The van der Waals surface area contributed by atoms with Gasteiger partial charge in [-0.25, -0.2) is 0 Å². The van der Waals surface area contributed by atoms with Gasteiger partial charge in [0.2, 0.25) is 0 Å². The Balaban J connectivity index is 0.000000136. The first-order valence-electron chi connectivity index (χ1n) is 2.83. The zero-order chi connectivity index (χ0) is 7.72. The van der Waals surface area contributed by atoms with Crippen LogP contribution in [-0.4, -0.2) is 11.8 Å². The number of rotatable bonds is 0. The molecule has 0 saturated carbocycles. The van der Waals surface area contributed by atoms with Crippen LogP contribution < -0.4 is 0 Å². The van der Waals surface area contributed by atoms with E-state index in [0.717, 1.165) is 37.3 Å². The summed E-state index contributed by atoms with van der Waals surface area (Å²) in [6, 6.07) is 0. The van der Waals surface area contributed by atoms with Crippen molar-refractivity contribution in [3.05, 3.63) is 0 Å². The van der Waals surface area contributed by atoms with Crippen LogP contribution in [0, 0.1) is 0 Å². The zero-order valence-corrected chi connectivity index (χ0v) is 16.4. The monoisotopic (exact) mass is 477 g/mol. The Bertz CT molecular complexity index is 189. The molecule has 4 rings (SSSR count). The van der Waals surface area contributed by atoms with Crippen LogP contribution >= 0.6 is 62.4 Å². The van der Waals surface area contributed by atoms with Gasteiger partial charge in [-0.05, 0) is 11.8 Å². The Morgan fingerprint density at radius 2 is 0.727 bits per heavy atom. The SMILES string of the molecule is PCP.PCP.[Ir].p12p3p1p23. The fraction of sp³-hybridized carbons (Fsp3) is 1.00. The third kappa shape index (κ3) is 4.74. The Labute approximate surface area is 93.8 Å². The molecular formula is C2H12IrP8. The quantitative estimate of drug-likeness (QED) is 0.408. The van der Waals surface area contributed by atoms with Crippen LogP contribution in [0.25, 0.3) is 0 Å². The fourth-order valence-corrected chi connectivity index (χ4v) is 61.9. The molecule has 0 aromatic carbocycles. The standard InChI is InChI=1S/2CH6P2.Ir.P4/c2*2-1-3;;1-2-3(1)4(1)2/h2*1-3H2;;. The van der Waals surface area contributed by atoms with E-state index in [9.17, 15) is 0 Å². The summed E-state index contributed by atoms with van der Waals surface area (Å²) in [6.07, 6.45) is 4.30. The van der Waals surface area contributed by atoms with Crippen LogP contribution in [-0.2, 0) is 20.1 Å². The maximum absolute atomic E-state index is 2.54. The second kappa shape index (κ2) is 6.95. The fourth-order valence-electron chi connectivity index (χ4n) is 0.335. The Morgan fingerprint density at radius 1 is 0.636 bits per heavy atom. The molecule has 1 radical (unpaired) electrons. The van der Waals surface area contributed by atoms with Crippen LogP contribution in [0.3, 0.4) is 0 Å². The average Bonchev–Trinajstić information content (AvgIpc) is 2.66. The van der Waals surface area contributed by atoms with E-state index < -0.39 is 0 Å². The first-order chi connectivity index (χ1) is 4.83. The van der Waals surface area contributed by atoms with Gasteiger partial charge in [0.05, 0.1) is 0 Å². The topological polar surface area (TPSA) is 0 Å². The van der Waals surface area contributed by atoms with Crippen LogP contribution in [0.1, 0.15) is 0 Å². The molecule has 11 heavy (non-hydrogen) atoms. The van der Waals surface area contributed by atoms with Crippen molar-refractivity contribution in [3.63, 3.8) is 0 Å². The van der Waals surface area contributed by atoms with Gasteiger partial charge in [-0.15, -0.1) is 37.0 Å². The Hall–Kier alpha value is 3.57. The van der Waals surface area contributed by atoms with E-state index in [-0.39, 0.29) is 20.1 Å².